The van der Waals surface area contributed by atoms with Gasteiger partial charge in [0.05, 0.1) is 5.41 Å². The number of carbonyl (C=O) groups is 2. The number of amides is 1. The number of rotatable bonds is 3. The Balaban J connectivity index is 1.53. The van der Waals surface area contributed by atoms with Gasteiger partial charge in [0, 0.05) is 22.4 Å². The van der Waals surface area contributed by atoms with Gasteiger partial charge in [0.25, 0.3) is 5.91 Å². The lowest BCUT2D eigenvalue weighted by atomic mass is 9.66. The maximum atomic E-state index is 13.2. The van der Waals surface area contributed by atoms with Crippen molar-refractivity contribution < 1.29 is 14.3 Å². The van der Waals surface area contributed by atoms with Crippen LogP contribution in [0.1, 0.15) is 57.9 Å². The van der Waals surface area contributed by atoms with Crippen molar-refractivity contribution in [1.29, 1.82) is 0 Å². The van der Waals surface area contributed by atoms with Crippen LogP contribution in [-0.2, 0) is 14.3 Å². The lowest BCUT2D eigenvalue weighted by Crippen LogP contribution is -2.58. The molecule has 1 amide bonds. The van der Waals surface area contributed by atoms with Crippen LogP contribution in [0.25, 0.3) is 0 Å². The molecule has 1 saturated heterocycles. The molecule has 0 radical (unpaired) electrons. The van der Waals surface area contributed by atoms with E-state index < -0.39 is 16.4 Å². The van der Waals surface area contributed by atoms with Crippen molar-refractivity contribution in [1.82, 2.24) is 5.32 Å². The molecular weight excluding hydrogens is 338 g/mol. The van der Waals surface area contributed by atoms with E-state index in [2.05, 4.69) is 5.32 Å². The molecule has 4 rings (SSSR count). The number of fused-ring (bicyclic) bond motifs is 2. The molecule has 4 nitrogen and oxygen atoms in total. The van der Waals surface area contributed by atoms with E-state index in [0.29, 0.717) is 23.8 Å². The number of nitrogens with one attached hydrogen (secondary N) is 1. The molecule has 2 saturated carbocycles. The molecule has 0 aromatic heterocycles. The van der Waals surface area contributed by atoms with Crippen LogP contribution in [0.15, 0.2) is 24.3 Å². The summed E-state index contributed by atoms with van der Waals surface area (Å²) in [5.74, 6) is -0.0666. The van der Waals surface area contributed by atoms with Gasteiger partial charge in [-0.05, 0) is 50.3 Å². The number of hydrogen-bond acceptors (Lipinski definition) is 3. The van der Waals surface area contributed by atoms with Crippen molar-refractivity contribution in [3.8, 4) is 0 Å². The molecule has 2 bridgehead atoms. The molecule has 4 atom stereocenters. The summed E-state index contributed by atoms with van der Waals surface area (Å²) in [7, 11) is 0. The van der Waals surface area contributed by atoms with Gasteiger partial charge in [0.15, 0.2) is 5.60 Å². The summed E-state index contributed by atoms with van der Waals surface area (Å²) in [4.78, 5) is 25.5. The molecule has 1 heterocycles. The third kappa shape index (κ3) is 2.06. The predicted octanol–water partition coefficient (Wildman–Crippen LogP) is 3.82. The highest BCUT2D eigenvalue weighted by atomic mass is 35.5. The molecule has 134 valence electrons. The number of esters is 1. The fourth-order valence-corrected chi connectivity index (χ4v) is 4.94. The van der Waals surface area contributed by atoms with Gasteiger partial charge in [0.2, 0.25) is 0 Å². The molecule has 2 aliphatic carbocycles. The Morgan fingerprint density at radius 1 is 1.16 bits per heavy atom. The maximum absolute atomic E-state index is 13.2. The number of hydrogen-bond donors (Lipinski definition) is 1. The number of ether oxygens (including phenoxy) is 1. The molecule has 0 unspecified atom stereocenters. The standard InChI is InChI=1S/C20H24ClNO3/c1-18(2)19(3)10-11-20(18,25-17(19)24)16(23)22-15-9-8-14(15)12-4-6-13(21)7-5-12/h4-7,14-15H,8-11H2,1-3H3,(H,22,23)/t14-,15-,19-,20+/m0/s1. The van der Waals surface area contributed by atoms with Gasteiger partial charge in [0.1, 0.15) is 0 Å². The first-order valence-corrected chi connectivity index (χ1v) is 9.39. The largest absolute Gasteiger partial charge is 0.448 e. The SMILES string of the molecule is CC1(C)[C@@]2(C)CC[C@]1(C(=O)N[C@H]1CC[C@H]1c1ccc(Cl)cc1)OC2=O. The highest BCUT2D eigenvalue weighted by molar-refractivity contribution is 6.30. The zero-order valence-corrected chi connectivity index (χ0v) is 15.7. The minimum atomic E-state index is -1.03. The van der Waals surface area contributed by atoms with E-state index in [1.54, 1.807) is 0 Å². The number of carbonyl (C=O) groups excluding carboxylic acids is 2. The van der Waals surface area contributed by atoms with Crippen molar-refractivity contribution in [3.05, 3.63) is 34.9 Å². The van der Waals surface area contributed by atoms with Crippen molar-refractivity contribution >= 4 is 23.5 Å². The molecule has 0 spiro atoms. The lowest BCUT2D eigenvalue weighted by Gasteiger charge is -2.41. The third-order valence-electron chi connectivity index (χ3n) is 7.34. The van der Waals surface area contributed by atoms with E-state index in [9.17, 15) is 9.59 Å². The highest BCUT2D eigenvalue weighted by Gasteiger charge is 2.75. The monoisotopic (exact) mass is 361 g/mol. The zero-order valence-electron chi connectivity index (χ0n) is 14.9. The summed E-state index contributed by atoms with van der Waals surface area (Å²) in [6.07, 6.45) is 3.30. The fraction of sp³-hybridized carbons (Fsp3) is 0.600. The summed E-state index contributed by atoms with van der Waals surface area (Å²) in [5.41, 5.74) is -0.906. The molecule has 1 aromatic rings. The number of halogens is 1. The van der Waals surface area contributed by atoms with Crippen LogP contribution in [0, 0.1) is 10.8 Å². The molecule has 1 aliphatic heterocycles. The molecular formula is C20H24ClNO3. The van der Waals surface area contributed by atoms with E-state index in [4.69, 9.17) is 16.3 Å². The average Bonchev–Trinajstić information content (AvgIpc) is 2.84. The van der Waals surface area contributed by atoms with E-state index in [1.165, 1.54) is 5.56 Å². The fourth-order valence-electron chi connectivity index (χ4n) is 4.81. The zero-order chi connectivity index (χ0) is 18.0. The second-order valence-corrected chi connectivity index (χ2v) is 8.93. The Morgan fingerprint density at radius 3 is 2.32 bits per heavy atom. The van der Waals surface area contributed by atoms with Gasteiger partial charge < -0.3 is 10.1 Å². The van der Waals surface area contributed by atoms with E-state index in [1.807, 2.05) is 45.0 Å². The summed E-state index contributed by atoms with van der Waals surface area (Å²) in [6, 6.07) is 7.91. The molecule has 3 aliphatic rings. The van der Waals surface area contributed by atoms with E-state index in [-0.39, 0.29) is 17.9 Å². The van der Waals surface area contributed by atoms with Crippen LogP contribution in [0.2, 0.25) is 5.02 Å². The number of benzene rings is 1. The van der Waals surface area contributed by atoms with Crippen molar-refractivity contribution in [3.63, 3.8) is 0 Å². The van der Waals surface area contributed by atoms with Crippen LogP contribution in [0.5, 0.6) is 0 Å². The third-order valence-corrected chi connectivity index (χ3v) is 7.59. The van der Waals surface area contributed by atoms with Crippen LogP contribution in [0.3, 0.4) is 0 Å². The van der Waals surface area contributed by atoms with Gasteiger partial charge in [-0.25, -0.2) is 0 Å². The van der Waals surface area contributed by atoms with Crippen LogP contribution < -0.4 is 5.32 Å². The summed E-state index contributed by atoms with van der Waals surface area (Å²) >= 11 is 5.97. The molecule has 25 heavy (non-hydrogen) atoms. The first-order chi connectivity index (χ1) is 11.7. The second-order valence-electron chi connectivity index (χ2n) is 8.49. The molecule has 1 aromatic carbocycles. The van der Waals surface area contributed by atoms with Crippen LogP contribution in [0.4, 0.5) is 0 Å². The van der Waals surface area contributed by atoms with Gasteiger partial charge in [-0.1, -0.05) is 37.6 Å². The minimum absolute atomic E-state index is 0.0880. The first kappa shape index (κ1) is 16.9. The van der Waals surface area contributed by atoms with Crippen LogP contribution in [-0.4, -0.2) is 23.5 Å². The normalized spacial score (nSPS) is 38.2. The average molecular weight is 362 g/mol. The predicted molar refractivity (Wildman–Crippen MR) is 95.3 cm³/mol. The quantitative estimate of drug-likeness (QED) is 0.832. The highest BCUT2D eigenvalue weighted by Crippen LogP contribution is 2.65. The summed E-state index contributed by atoms with van der Waals surface area (Å²) < 4.78 is 5.69. The summed E-state index contributed by atoms with van der Waals surface area (Å²) in [6.45, 7) is 5.90. The van der Waals surface area contributed by atoms with E-state index >= 15 is 0 Å². The Hall–Kier alpha value is -1.55. The van der Waals surface area contributed by atoms with Crippen molar-refractivity contribution in [2.45, 2.75) is 64.0 Å². The molecule has 1 N–H and O–H groups in total. The summed E-state index contributed by atoms with van der Waals surface area (Å²) in [5, 5.41) is 3.90. The molecule has 5 heteroatoms. The lowest BCUT2D eigenvalue weighted by molar-refractivity contribution is -0.169. The van der Waals surface area contributed by atoms with E-state index in [0.717, 1.165) is 12.8 Å². The topological polar surface area (TPSA) is 55.4 Å². The van der Waals surface area contributed by atoms with Gasteiger partial charge >= 0.3 is 5.97 Å². The van der Waals surface area contributed by atoms with Crippen molar-refractivity contribution in [2.24, 2.45) is 10.8 Å². The molecule has 3 fully saturated rings. The van der Waals surface area contributed by atoms with Crippen molar-refractivity contribution in [2.75, 3.05) is 0 Å². The smallest absolute Gasteiger partial charge is 0.313 e. The second kappa shape index (κ2) is 5.23. The Morgan fingerprint density at radius 2 is 1.84 bits per heavy atom. The van der Waals surface area contributed by atoms with Crippen LogP contribution >= 0.6 is 11.6 Å². The Kier molecular flexibility index (Phi) is 3.53. The maximum Gasteiger partial charge on any atom is 0.313 e. The Labute approximate surface area is 153 Å². The van der Waals surface area contributed by atoms with Gasteiger partial charge in [-0.15, -0.1) is 0 Å². The minimum Gasteiger partial charge on any atom is -0.448 e. The van der Waals surface area contributed by atoms with Gasteiger partial charge in [-0.3, -0.25) is 9.59 Å². The first-order valence-electron chi connectivity index (χ1n) is 9.01. The Bertz CT molecular complexity index is 744. The van der Waals surface area contributed by atoms with Gasteiger partial charge in [-0.2, -0.15) is 0 Å².